The molecule has 1 heterocycles. The molecule has 0 aromatic heterocycles. The van der Waals surface area contributed by atoms with E-state index in [0.717, 1.165) is 12.1 Å². The van der Waals surface area contributed by atoms with Gasteiger partial charge in [0, 0.05) is 12.2 Å². The summed E-state index contributed by atoms with van der Waals surface area (Å²) in [5.41, 5.74) is 3.33. The summed E-state index contributed by atoms with van der Waals surface area (Å²) in [6, 6.07) is 10.7. The molecule has 4 N–H and O–H groups in total. The highest BCUT2D eigenvalue weighted by Gasteiger charge is 2.42. The van der Waals surface area contributed by atoms with E-state index < -0.39 is 34.9 Å². The van der Waals surface area contributed by atoms with E-state index in [-0.39, 0.29) is 5.56 Å². The molecule has 0 spiro atoms. The van der Waals surface area contributed by atoms with E-state index in [4.69, 9.17) is 0 Å². The smallest absolute Gasteiger partial charge is 0.355 e. The summed E-state index contributed by atoms with van der Waals surface area (Å²) in [4.78, 5) is 37.1. The number of halogens is 3. The van der Waals surface area contributed by atoms with Crippen molar-refractivity contribution < 1.29 is 27.6 Å². The Morgan fingerprint density at radius 1 is 1.03 bits per heavy atom. The van der Waals surface area contributed by atoms with Crippen LogP contribution in [-0.2, 0) is 15.8 Å². The highest BCUT2D eigenvalue weighted by molar-refractivity contribution is 6.06. The Kier molecular flexibility index (Phi) is 6.19. The second-order valence-electron chi connectivity index (χ2n) is 7.35. The van der Waals surface area contributed by atoms with Crippen LogP contribution in [0.4, 0.5) is 24.5 Å². The number of nitrogens with one attached hydrogen (secondary N) is 4. The fourth-order valence-electron chi connectivity index (χ4n) is 3.18. The minimum absolute atomic E-state index is 0.154. The van der Waals surface area contributed by atoms with E-state index in [1.165, 1.54) is 25.1 Å². The molecule has 7 nitrogen and oxygen atoms in total. The van der Waals surface area contributed by atoms with E-state index in [0.29, 0.717) is 30.8 Å². The molecule has 10 heteroatoms. The minimum atomic E-state index is -4.44. The van der Waals surface area contributed by atoms with Crippen LogP contribution in [-0.4, -0.2) is 24.3 Å². The Morgan fingerprint density at radius 3 is 2.35 bits per heavy atom. The van der Waals surface area contributed by atoms with Crippen molar-refractivity contribution >= 4 is 29.1 Å². The van der Waals surface area contributed by atoms with Crippen LogP contribution >= 0.6 is 0 Å². The van der Waals surface area contributed by atoms with Crippen molar-refractivity contribution in [2.75, 3.05) is 11.9 Å². The number of para-hydroxylation sites is 1. The van der Waals surface area contributed by atoms with Gasteiger partial charge >= 0.3 is 6.18 Å². The maximum Gasteiger partial charge on any atom is 0.416 e. The van der Waals surface area contributed by atoms with Crippen LogP contribution < -0.4 is 21.5 Å². The van der Waals surface area contributed by atoms with Gasteiger partial charge in [-0.2, -0.15) is 13.2 Å². The van der Waals surface area contributed by atoms with Crippen LogP contribution in [0.5, 0.6) is 0 Å². The molecule has 1 atom stereocenters. The first-order valence-electron chi connectivity index (χ1n) is 9.54. The molecule has 3 rings (SSSR count). The lowest BCUT2D eigenvalue weighted by molar-refractivity contribution is -0.145. The van der Waals surface area contributed by atoms with E-state index >= 15 is 0 Å². The van der Waals surface area contributed by atoms with Gasteiger partial charge in [0.25, 0.3) is 11.8 Å². The first-order valence-corrected chi connectivity index (χ1v) is 9.54. The van der Waals surface area contributed by atoms with Crippen molar-refractivity contribution in [2.45, 2.75) is 25.9 Å². The molecule has 1 saturated heterocycles. The number of alkyl halides is 3. The quantitative estimate of drug-likeness (QED) is 0.439. The van der Waals surface area contributed by atoms with Crippen LogP contribution in [0, 0.1) is 5.41 Å². The number of hydrazine groups is 1. The molecule has 1 unspecified atom stereocenters. The molecule has 1 aliphatic rings. The number of carbonyl (C=O) groups is 3. The Bertz CT molecular complexity index is 992. The SMILES string of the molecule is CC1(C(=O)NNC(=O)c2ccccc2Nc2ccc(C(F)(F)F)cc2)CCCNC1=O. The van der Waals surface area contributed by atoms with Crippen molar-refractivity contribution in [1.29, 1.82) is 0 Å². The molecule has 0 aliphatic carbocycles. The highest BCUT2D eigenvalue weighted by atomic mass is 19.4. The van der Waals surface area contributed by atoms with Gasteiger partial charge in [0.2, 0.25) is 5.91 Å². The lowest BCUT2D eigenvalue weighted by Gasteiger charge is -2.30. The lowest BCUT2D eigenvalue weighted by Crippen LogP contribution is -2.56. The maximum absolute atomic E-state index is 12.7. The predicted molar refractivity (Wildman–Crippen MR) is 107 cm³/mol. The molecule has 3 amide bonds. The average molecular weight is 434 g/mol. The third kappa shape index (κ3) is 4.96. The van der Waals surface area contributed by atoms with Crippen LogP contribution in [0.3, 0.4) is 0 Å². The summed E-state index contributed by atoms with van der Waals surface area (Å²) in [6.45, 7) is 2.00. The number of hydrogen-bond donors (Lipinski definition) is 4. The van der Waals surface area contributed by atoms with Gasteiger partial charge in [0.1, 0.15) is 5.41 Å². The van der Waals surface area contributed by atoms with Crippen molar-refractivity contribution in [3.63, 3.8) is 0 Å². The third-order valence-electron chi connectivity index (χ3n) is 5.09. The molecule has 0 radical (unpaired) electrons. The van der Waals surface area contributed by atoms with E-state index in [9.17, 15) is 27.6 Å². The summed E-state index contributed by atoms with van der Waals surface area (Å²) < 4.78 is 38.2. The average Bonchev–Trinajstić information content (AvgIpc) is 2.74. The molecule has 0 saturated carbocycles. The molecule has 1 fully saturated rings. The number of anilines is 2. The van der Waals surface area contributed by atoms with Crippen molar-refractivity contribution in [1.82, 2.24) is 16.2 Å². The van der Waals surface area contributed by atoms with Crippen LogP contribution in [0.25, 0.3) is 0 Å². The molecule has 0 bridgehead atoms. The predicted octanol–water partition coefficient (Wildman–Crippen LogP) is 3.13. The van der Waals surface area contributed by atoms with Gasteiger partial charge in [-0.1, -0.05) is 12.1 Å². The molecule has 31 heavy (non-hydrogen) atoms. The van der Waals surface area contributed by atoms with Gasteiger partial charge in [0.05, 0.1) is 16.8 Å². The Balaban J connectivity index is 1.69. The number of carbonyl (C=O) groups excluding carboxylic acids is 3. The van der Waals surface area contributed by atoms with Crippen molar-refractivity contribution in [3.8, 4) is 0 Å². The van der Waals surface area contributed by atoms with Gasteiger partial charge in [-0.3, -0.25) is 25.2 Å². The van der Waals surface area contributed by atoms with Gasteiger partial charge in [-0.25, -0.2) is 0 Å². The monoisotopic (exact) mass is 434 g/mol. The first kappa shape index (κ1) is 22.1. The summed E-state index contributed by atoms with van der Waals surface area (Å²) in [5.74, 6) is -1.69. The maximum atomic E-state index is 12.7. The number of piperidine rings is 1. The fourth-order valence-corrected chi connectivity index (χ4v) is 3.18. The largest absolute Gasteiger partial charge is 0.416 e. The normalized spacial score (nSPS) is 18.6. The molecular weight excluding hydrogens is 413 g/mol. The number of rotatable bonds is 4. The topological polar surface area (TPSA) is 99.3 Å². The molecule has 2 aromatic carbocycles. The minimum Gasteiger partial charge on any atom is -0.355 e. The number of hydrogen-bond acceptors (Lipinski definition) is 4. The second-order valence-corrected chi connectivity index (χ2v) is 7.35. The second kappa shape index (κ2) is 8.66. The van der Waals surface area contributed by atoms with Gasteiger partial charge in [0.15, 0.2) is 0 Å². The Labute approximate surface area is 176 Å². The highest BCUT2D eigenvalue weighted by Crippen LogP contribution is 2.31. The van der Waals surface area contributed by atoms with Crippen LogP contribution in [0.15, 0.2) is 48.5 Å². The third-order valence-corrected chi connectivity index (χ3v) is 5.09. The molecule has 2 aromatic rings. The zero-order valence-electron chi connectivity index (χ0n) is 16.6. The standard InChI is InChI=1S/C21H21F3N4O3/c1-20(11-4-12-25-18(20)30)19(31)28-27-17(29)15-5-2-3-6-16(15)26-14-9-7-13(8-10-14)21(22,23)24/h2-3,5-10,26H,4,11-12H2,1H3,(H,25,30)(H,27,29)(H,28,31). The molecular formula is C21H21F3N4O3. The number of benzene rings is 2. The summed E-state index contributed by atoms with van der Waals surface area (Å²) in [5, 5.41) is 5.52. The Hall–Kier alpha value is -3.56. The van der Waals surface area contributed by atoms with E-state index in [1.807, 2.05) is 0 Å². The summed E-state index contributed by atoms with van der Waals surface area (Å²) in [6.07, 6.45) is -3.45. The zero-order chi connectivity index (χ0) is 22.6. The summed E-state index contributed by atoms with van der Waals surface area (Å²) >= 11 is 0. The van der Waals surface area contributed by atoms with E-state index in [1.54, 1.807) is 18.2 Å². The number of amides is 3. The molecule has 164 valence electrons. The van der Waals surface area contributed by atoms with Crippen molar-refractivity contribution in [2.24, 2.45) is 5.41 Å². The van der Waals surface area contributed by atoms with Gasteiger partial charge in [-0.05, 0) is 56.2 Å². The zero-order valence-corrected chi connectivity index (χ0v) is 16.6. The lowest BCUT2D eigenvalue weighted by atomic mass is 9.81. The van der Waals surface area contributed by atoms with Crippen LogP contribution in [0.2, 0.25) is 0 Å². The Morgan fingerprint density at radius 2 is 1.71 bits per heavy atom. The first-order chi connectivity index (χ1) is 14.6. The van der Waals surface area contributed by atoms with Gasteiger partial charge in [-0.15, -0.1) is 0 Å². The van der Waals surface area contributed by atoms with Crippen LogP contribution in [0.1, 0.15) is 35.7 Å². The van der Waals surface area contributed by atoms with E-state index in [2.05, 4.69) is 21.5 Å². The molecule has 1 aliphatic heterocycles. The van der Waals surface area contributed by atoms with Gasteiger partial charge < -0.3 is 10.6 Å². The summed E-state index contributed by atoms with van der Waals surface area (Å²) in [7, 11) is 0. The van der Waals surface area contributed by atoms with Crippen molar-refractivity contribution in [3.05, 3.63) is 59.7 Å². The fraction of sp³-hybridized carbons (Fsp3) is 0.286.